The van der Waals surface area contributed by atoms with Gasteiger partial charge in [-0.3, -0.25) is 0 Å². The van der Waals surface area contributed by atoms with Crippen LogP contribution in [0.3, 0.4) is 0 Å². The number of hydrogen-bond donors (Lipinski definition) is 0. The molecule has 0 heterocycles. The van der Waals surface area contributed by atoms with Gasteiger partial charge in [0.25, 0.3) is 0 Å². The maximum Gasteiger partial charge on any atom is 0.362 e. The minimum Gasteiger partial charge on any atom is -0.463 e. The van der Waals surface area contributed by atoms with E-state index in [-0.39, 0.29) is 25.2 Å². The predicted octanol–water partition coefficient (Wildman–Crippen LogP) is 2.28. The number of ether oxygens (including phenoxy) is 3. The van der Waals surface area contributed by atoms with E-state index in [2.05, 4.69) is 6.58 Å². The molecule has 124 valence electrons. The first-order valence-electron chi connectivity index (χ1n) is 7.25. The molecule has 6 nitrogen and oxygen atoms in total. The van der Waals surface area contributed by atoms with Crippen LogP contribution in [-0.4, -0.2) is 36.7 Å². The second kappa shape index (κ2) is 8.73. The van der Waals surface area contributed by atoms with Crippen LogP contribution in [0, 0.1) is 0 Å². The summed E-state index contributed by atoms with van der Waals surface area (Å²) >= 11 is 0. The van der Waals surface area contributed by atoms with E-state index in [0.29, 0.717) is 0 Å². The topological polar surface area (TPSA) is 78.9 Å². The van der Waals surface area contributed by atoms with Crippen molar-refractivity contribution in [2.45, 2.75) is 25.9 Å². The van der Waals surface area contributed by atoms with Gasteiger partial charge in [-0.15, -0.1) is 6.58 Å². The minimum atomic E-state index is -2.19. The van der Waals surface area contributed by atoms with E-state index in [1.807, 2.05) is 0 Å². The largest absolute Gasteiger partial charge is 0.463 e. The Morgan fingerprint density at radius 3 is 2.00 bits per heavy atom. The van der Waals surface area contributed by atoms with E-state index in [1.165, 1.54) is 18.2 Å². The van der Waals surface area contributed by atoms with Crippen LogP contribution in [0.1, 0.15) is 30.6 Å². The van der Waals surface area contributed by atoms with Crippen LogP contribution in [0.5, 0.6) is 0 Å². The van der Waals surface area contributed by atoms with Crippen molar-refractivity contribution in [3.63, 3.8) is 0 Å². The Morgan fingerprint density at radius 1 is 1.04 bits per heavy atom. The fourth-order valence-electron chi connectivity index (χ4n) is 1.87. The molecule has 0 fully saturated rings. The predicted molar refractivity (Wildman–Crippen MR) is 82.7 cm³/mol. The molecule has 0 aromatic heterocycles. The molecule has 0 atom stereocenters. The van der Waals surface area contributed by atoms with Crippen LogP contribution in [0.4, 0.5) is 0 Å². The zero-order valence-corrected chi connectivity index (χ0v) is 13.2. The average Bonchev–Trinajstić information content (AvgIpc) is 2.55. The minimum absolute atomic E-state index is 0.0278. The molecule has 0 unspecified atom stereocenters. The molecule has 0 N–H and O–H groups in total. The van der Waals surface area contributed by atoms with Gasteiger partial charge in [0.15, 0.2) is 0 Å². The van der Waals surface area contributed by atoms with E-state index < -0.39 is 23.5 Å². The molecule has 0 bridgehead atoms. The third kappa shape index (κ3) is 4.42. The van der Waals surface area contributed by atoms with Crippen LogP contribution in [-0.2, 0) is 23.8 Å². The van der Waals surface area contributed by atoms with Crippen molar-refractivity contribution in [3.8, 4) is 0 Å². The van der Waals surface area contributed by atoms with Crippen molar-refractivity contribution in [3.05, 3.63) is 48.6 Å². The Balaban J connectivity index is 3.19. The van der Waals surface area contributed by atoms with Crippen molar-refractivity contribution in [1.82, 2.24) is 0 Å². The maximum absolute atomic E-state index is 12.3. The van der Waals surface area contributed by atoms with Crippen LogP contribution >= 0.6 is 0 Å². The standard InChI is InChI=1S/C17H20O6/c1-4-12-17(15(19)21-5-2,16(20)22-6-3)23-14(18)13-10-8-7-9-11-13/h4,7-11H,1,5-6,12H2,2-3H3. The van der Waals surface area contributed by atoms with E-state index in [1.54, 1.807) is 32.0 Å². The lowest BCUT2D eigenvalue weighted by Gasteiger charge is -2.27. The number of esters is 3. The van der Waals surface area contributed by atoms with Crippen molar-refractivity contribution in [1.29, 1.82) is 0 Å². The molecule has 0 aliphatic heterocycles. The first-order chi connectivity index (χ1) is 11.0. The molecule has 0 saturated heterocycles. The molecular formula is C17H20O6. The van der Waals surface area contributed by atoms with E-state index >= 15 is 0 Å². The van der Waals surface area contributed by atoms with Gasteiger partial charge in [-0.2, -0.15) is 0 Å². The van der Waals surface area contributed by atoms with Gasteiger partial charge in [0.1, 0.15) is 0 Å². The van der Waals surface area contributed by atoms with Gasteiger partial charge >= 0.3 is 23.5 Å². The van der Waals surface area contributed by atoms with Gasteiger partial charge in [0.05, 0.1) is 18.8 Å². The number of rotatable bonds is 8. The summed E-state index contributed by atoms with van der Waals surface area (Å²) in [6.45, 7) is 6.73. The Morgan fingerprint density at radius 2 is 1.57 bits per heavy atom. The molecule has 0 radical (unpaired) electrons. The lowest BCUT2D eigenvalue weighted by Crippen LogP contribution is -2.52. The van der Waals surface area contributed by atoms with Crippen molar-refractivity contribution in [2.24, 2.45) is 0 Å². The van der Waals surface area contributed by atoms with Crippen LogP contribution in [0.15, 0.2) is 43.0 Å². The Labute approximate surface area is 135 Å². The van der Waals surface area contributed by atoms with Gasteiger partial charge < -0.3 is 14.2 Å². The molecule has 0 saturated carbocycles. The summed E-state index contributed by atoms with van der Waals surface area (Å²) in [6.07, 6.45) is 1.05. The van der Waals surface area contributed by atoms with Crippen LogP contribution < -0.4 is 0 Å². The van der Waals surface area contributed by atoms with Gasteiger partial charge in [-0.1, -0.05) is 24.3 Å². The second-order valence-electron chi connectivity index (χ2n) is 4.52. The molecule has 6 heteroatoms. The molecular weight excluding hydrogens is 300 g/mol. The van der Waals surface area contributed by atoms with Crippen LogP contribution in [0.2, 0.25) is 0 Å². The molecule has 23 heavy (non-hydrogen) atoms. The zero-order chi connectivity index (χ0) is 17.3. The fourth-order valence-corrected chi connectivity index (χ4v) is 1.87. The highest BCUT2D eigenvalue weighted by molar-refractivity contribution is 6.06. The summed E-state index contributed by atoms with van der Waals surface area (Å²) in [4.78, 5) is 36.9. The lowest BCUT2D eigenvalue weighted by atomic mass is 9.99. The number of carbonyl (C=O) groups excluding carboxylic acids is 3. The summed E-state index contributed by atoms with van der Waals surface area (Å²) in [5.41, 5.74) is -1.99. The number of carbonyl (C=O) groups is 3. The Hall–Kier alpha value is -2.63. The highest BCUT2D eigenvalue weighted by atomic mass is 16.6. The van der Waals surface area contributed by atoms with Crippen LogP contribution in [0.25, 0.3) is 0 Å². The highest BCUT2D eigenvalue weighted by Gasteiger charge is 2.52. The monoisotopic (exact) mass is 320 g/mol. The summed E-state index contributed by atoms with van der Waals surface area (Å²) in [6, 6.07) is 8.03. The highest BCUT2D eigenvalue weighted by Crippen LogP contribution is 2.24. The molecule has 1 aromatic rings. The molecule has 0 spiro atoms. The molecule has 1 aromatic carbocycles. The summed E-state index contributed by atoms with van der Waals surface area (Å²) in [7, 11) is 0. The van der Waals surface area contributed by atoms with Gasteiger partial charge in [-0.25, -0.2) is 14.4 Å². The first kappa shape index (κ1) is 18.4. The fraction of sp³-hybridized carbons (Fsp3) is 0.353. The quantitative estimate of drug-likeness (QED) is 0.316. The average molecular weight is 320 g/mol. The smallest absolute Gasteiger partial charge is 0.362 e. The van der Waals surface area contributed by atoms with Crippen molar-refractivity contribution < 1.29 is 28.6 Å². The number of hydrogen-bond acceptors (Lipinski definition) is 6. The molecule has 0 amide bonds. The van der Waals surface area contributed by atoms with Gasteiger partial charge in [-0.05, 0) is 26.0 Å². The number of benzene rings is 1. The third-order valence-corrected chi connectivity index (χ3v) is 2.92. The van der Waals surface area contributed by atoms with Gasteiger partial charge in [0, 0.05) is 6.42 Å². The first-order valence-corrected chi connectivity index (χ1v) is 7.25. The van der Waals surface area contributed by atoms with Gasteiger partial charge in [0.2, 0.25) is 0 Å². The van der Waals surface area contributed by atoms with E-state index in [9.17, 15) is 14.4 Å². The second-order valence-corrected chi connectivity index (χ2v) is 4.52. The maximum atomic E-state index is 12.3. The summed E-state index contributed by atoms with van der Waals surface area (Å²) < 4.78 is 15.0. The molecule has 0 aliphatic rings. The van der Waals surface area contributed by atoms with Crippen molar-refractivity contribution >= 4 is 17.9 Å². The summed E-state index contributed by atoms with van der Waals surface area (Å²) in [5, 5.41) is 0. The Kier molecular flexibility index (Phi) is 6.99. The SMILES string of the molecule is C=CCC(OC(=O)c1ccccc1)(C(=O)OCC)C(=O)OCC. The third-order valence-electron chi connectivity index (χ3n) is 2.92. The zero-order valence-electron chi connectivity index (χ0n) is 13.2. The van der Waals surface area contributed by atoms with Crippen molar-refractivity contribution in [2.75, 3.05) is 13.2 Å². The molecule has 1 rings (SSSR count). The van der Waals surface area contributed by atoms with E-state index in [0.717, 1.165) is 0 Å². The molecule has 0 aliphatic carbocycles. The lowest BCUT2D eigenvalue weighted by molar-refractivity contribution is -0.183. The normalized spacial score (nSPS) is 10.5. The summed E-state index contributed by atoms with van der Waals surface area (Å²) in [5.74, 6) is -2.79. The van der Waals surface area contributed by atoms with E-state index in [4.69, 9.17) is 14.2 Å². The Bertz CT molecular complexity index is 546.